The summed E-state index contributed by atoms with van der Waals surface area (Å²) >= 11 is 6.56. The summed E-state index contributed by atoms with van der Waals surface area (Å²) in [5.41, 5.74) is 4.01. The Labute approximate surface area is 166 Å². The second-order valence-electron chi connectivity index (χ2n) is 7.15. The lowest BCUT2D eigenvalue weighted by atomic mass is 9.99. The van der Waals surface area contributed by atoms with E-state index >= 15 is 0 Å². The zero-order valence-corrected chi connectivity index (χ0v) is 15.7. The molecule has 1 unspecified atom stereocenters. The Morgan fingerprint density at radius 3 is 2.36 bits per heavy atom. The van der Waals surface area contributed by atoms with Gasteiger partial charge >= 0.3 is 0 Å². The number of hydrogen-bond donors (Lipinski definition) is 2. The van der Waals surface area contributed by atoms with Crippen molar-refractivity contribution in [1.29, 1.82) is 0 Å². The van der Waals surface area contributed by atoms with Gasteiger partial charge in [-0.05, 0) is 39.2 Å². The van der Waals surface area contributed by atoms with Crippen molar-refractivity contribution in [1.82, 2.24) is 4.98 Å². The minimum Gasteiger partial charge on any atom is -0.358 e. The molecule has 1 aliphatic heterocycles. The van der Waals surface area contributed by atoms with Crippen molar-refractivity contribution in [2.24, 2.45) is 4.99 Å². The topological polar surface area (TPSA) is 40.2 Å². The molecular weight excluding hydrogens is 366 g/mol. The molecule has 6 rings (SSSR count). The summed E-state index contributed by atoms with van der Waals surface area (Å²) in [4.78, 5) is 8.08. The molecule has 1 aromatic heterocycles. The molecule has 4 aromatic carbocycles. The maximum Gasteiger partial charge on any atom is 0.152 e. The molecule has 0 amide bonds. The van der Waals surface area contributed by atoms with Crippen LogP contribution in [0.3, 0.4) is 0 Å². The van der Waals surface area contributed by atoms with E-state index in [1.165, 1.54) is 21.5 Å². The number of nitrogens with one attached hydrogen (secondary N) is 2. The van der Waals surface area contributed by atoms with Crippen molar-refractivity contribution < 1.29 is 0 Å². The predicted molar refractivity (Wildman–Crippen MR) is 119 cm³/mol. The molecule has 0 bridgehead atoms. The zero-order chi connectivity index (χ0) is 18.7. The molecule has 4 heteroatoms. The predicted octanol–water partition coefficient (Wildman–Crippen LogP) is 6.58. The van der Waals surface area contributed by atoms with E-state index in [0.29, 0.717) is 5.17 Å². The summed E-state index contributed by atoms with van der Waals surface area (Å²) in [6.07, 6.45) is -0.220. The Hall–Kier alpha value is -3.30. The number of fused-ring (bicyclic) bond motifs is 6. The van der Waals surface area contributed by atoms with E-state index < -0.39 is 0 Å². The van der Waals surface area contributed by atoms with Crippen molar-refractivity contribution in [3.63, 3.8) is 0 Å². The van der Waals surface area contributed by atoms with E-state index in [1.807, 2.05) is 12.1 Å². The van der Waals surface area contributed by atoms with Crippen LogP contribution in [-0.4, -0.2) is 10.2 Å². The molecule has 3 nitrogen and oxygen atoms in total. The number of anilines is 1. The number of para-hydroxylation sites is 1. The lowest BCUT2D eigenvalue weighted by Crippen LogP contribution is -2.16. The normalized spacial score (nSPS) is 16.2. The first-order valence-corrected chi connectivity index (χ1v) is 9.68. The average molecular weight is 382 g/mol. The molecule has 0 fully saturated rings. The van der Waals surface area contributed by atoms with Crippen molar-refractivity contribution >= 4 is 54.9 Å². The van der Waals surface area contributed by atoms with E-state index in [1.54, 1.807) is 0 Å². The van der Waals surface area contributed by atoms with Gasteiger partial charge in [-0.2, -0.15) is 0 Å². The van der Waals surface area contributed by atoms with Gasteiger partial charge in [0.2, 0.25) is 0 Å². The van der Waals surface area contributed by atoms with Crippen LogP contribution in [-0.2, 0) is 0 Å². The zero-order valence-electron chi connectivity index (χ0n) is 14.9. The number of halogens is 1. The molecule has 134 valence electrons. The van der Waals surface area contributed by atoms with Gasteiger partial charge in [0.05, 0.1) is 5.69 Å². The van der Waals surface area contributed by atoms with Gasteiger partial charge in [-0.3, -0.25) is 0 Å². The van der Waals surface area contributed by atoms with Crippen molar-refractivity contribution in [2.75, 3.05) is 5.32 Å². The first-order chi connectivity index (χ1) is 13.8. The van der Waals surface area contributed by atoms with E-state index in [2.05, 4.69) is 77.0 Å². The highest BCUT2D eigenvalue weighted by molar-refractivity contribution is 6.70. The fraction of sp³-hybridized carbons (Fsp3) is 0.0417. The van der Waals surface area contributed by atoms with E-state index in [9.17, 15) is 0 Å². The van der Waals surface area contributed by atoms with Gasteiger partial charge in [-0.15, -0.1) is 0 Å². The van der Waals surface area contributed by atoms with E-state index in [4.69, 9.17) is 16.6 Å². The van der Waals surface area contributed by atoms with Crippen molar-refractivity contribution in [3.8, 4) is 0 Å². The molecule has 1 aliphatic rings. The number of aliphatic imine (C=N–C) groups is 1. The van der Waals surface area contributed by atoms with Gasteiger partial charge in [0.1, 0.15) is 11.9 Å². The summed E-state index contributed by atoms with van der Waals surface area (Å²) in [5, 5.41) is 10.2. The number of benzene rings is 4. The number of hydrogen-bond acceptors (Lipinski definition) is 2. The monoisotopic (exact) mass is 381 g/mol. The van der Waals surface area contributed by atoms with Crippen LogP contribution in [0.5, 0.6) is 0 Å². The van der Waals surface area contributed by atoms with Gasteiger partial charge in [-0.1, -0.05) is 78.3 Å². The quantitative estimate of drug-likeness (QED) is 0.316. The second kappa shape index (κ2) is 5.85. The molecule has 28 heavy (non-hydrogen) atoms. The molecule has 0 spiro atoms. The van der Waals surface area contributed by atoms with Crippen LogP contribution in [0.4, 0.5) is 5.69 Å². The highest BCUT2D eigenvalue weighted by Gasteiger charge is 2.24. The molecule has 2 heterocycles. The Bertz CT molecular complexity index is 1410. The molecule has 5 aromatic rings. The maximum absolute atomic E-state index is 6.56. The summed E-state index contributed by atoms with van der Waals surface area (Å²) in [6, 6.07) is 27.5. The van der Waals surface area contributed by atoms with Crippen molar-refractivity contribution in [3.05, 3.63) is 90.1 Å². The van der Waals surface area contributed by atoms with E-state index in [0.717, 1.165) is 27.8 Å². The van der Waals surface area contributed by atoms with Gasteiger partial charge in [0.25, 0.3) is 0 Å². The van der Waals surface area contributed by atoms with Crippen LogP contribution in [0.1, 0.15) is 17.4 Å². The molecule has 1 atom stereocenters. The van der Waals surface area contributed by atoms with Gasteiger partial charge in [0, 0.05) is 10.9 Å². The van der Waals surface area contributed by atoms with Gasteiger partial charge in [-0.25, -0.2) is 4.99 Å². The number of H-pyrrole nitrogens is 1. The van der Waals surface area contributed by atoms with E-state index in [-0.39, 0.29) is 6.17 Å². The third-order valence-corrected chi connectivity index (χ3v) is 5.81. The number of aromatic nitrogens is 1. The van der Waals surface area contributed by atoms with Crippen LogP contribution in [0.25, 0.3) is 32.4 Å². The molecule has 0 saturated carbocycles. The smallest absolute Gasteiger partial charge is 0.152 e. The molecule has 0 aliphatic carbocycles. The summed E-state index contributed by atoms with van der Waals surface area (Å²) in [6.45, 7) is 0. The minimum absolute atomic E-state index is 0.220. The van der Waals surface area contributed by atoms with Crippen LogP contribution >= 0.6 is 11.6 Å². The third-order valence-electron chi connectivity index (χ3n) is 5.52. The molecule has 0 radical (unpaired) electrons. The summed E-state index contributed by atoms with van der Waals surface area (Å²) in [7, 11) is 0. The highest BCUT2D eigenvalue weighted by Crippen LogP contribution is 2.37. The number of rotatable bonds is 1. The fourth-order valence-corrected chi connectivity index (χ4v) is 4.38. The number of nitrogens with zero attached hydrogens (tertiary/aromatic N) is 1. The van der Waals surface area contributed by atoms with Crippen LogP contribution < -0.4 is 5.32 Å². The highest BCUT2D eigenvalue weighted by atomic mass is 35.5. The van der Waals surface area contributed by atoms with Crippen molar-refractivity contribution in [2.45, 2.75) is 6.17 Å². The first kappa shape index (κ1) is 15.7. The standard InChI is InChI=1S/C24H16ClN3/c25-23-22-21(18-7-3-4-8-20(18)26-22)27-24(28-23)16-12-11-15-10-9-14-5-1-2-6-17(14)19(15)13-16/h1-13,24,26-27H. The average Bonchev–Trinajstić information content (AvgIpc) is 3.13. The number of aromatic amines is 1. The van der Waals surface area contributed by atoms with Gasteiger partial charge in [0.15, 0.2) is 5.17 Å². The van der Waals surface area contributed by atoms with Crippen LogP contribution in [0.15, 0.2) is 83.9 Å². The summed E-state index contributed by atoms with van der Waals surface area (Å²) < 4.78 is 0. The van der Waals surface area contributed by atoms with Gasteiger partial charge < -0.3 is 10.3 Å². The van der Waals surface area contributed by atoms with Crippen LogP contribution in [0.2, 0.25) is 0 Å². The SMILES string of the molecule is ClC1=NC(c2ccc3ccc4ccccc4c3c2)Nc2c1[nH]c1ccccc21. The second-order valence-corrected chi connectivity index (χ2v) is 7.51. The fourth-order valence-electron chi connectivity index (χ4n) is 4.14. The van der Waals surface area contributed by atoms with Crippen LogP contribution in [0, 0.1) is 0 Å². The molecular formula is C24H16ClN3. The summed E-state index contributed by atoms with van der Waals surface area (Å²) in [5.74, 6) is 0. The molecule has 0 saturated heterocycles. The lowest BCUT2D eigenvalue weighted by Gasteiger charge is -2.22. The Kier molecular flexibility index (Phi) is 3.28. The maximum atomic E-state index is 6.56. The third kappa shape index (κ3) is 2.26. The largest absolute Gasteiger partial charge is 0.358 e. The molecule has 2 N–H and O–H groups in total. The first-order valence-electron chi connectivity index (χ1n) is 9.30. The Morgan fingerprint density at radius 1 is 0.750 bits per heavy atom. The Balaban J connectivity index is 1.52. The Morgan fingerprint density at radius 2 is 1.46 bits per heavy atom. The minimum atomic E-state index is -0.220. The lowest BCUT2D eigenvalue weighted by molar-refractivity contribution is 0.834.